The average Bonchev–Trinajstić information content (AvgIpc) is 3.08. The molecule has 7 atom stereocenters. The largest absolute Gasteiger partial charge is 0.393 e. The van der Waals surface area contributed by atoms with Gasteiger partial charge in [-0.3, -0.25) is 5.10 Å². The van der Waals surface area contributed by atoms with Crippen LogP contribution in [0.5, 0.6) is 0 Å². The normalized spacial score (nSPS) is 51.5. The van der Waals surface area contributed by atoms with Crippen LogP contribution in [-0.2, 0) is 12.8 Å². The highest BCUT2D eigenvalue weighted by Crippen LogP contribution is 2.65. The van der Waals surface area contributed by atoms with Gasteiger partial charge in [-0.15, -0.1) is 0 Å². The maximum atomic E-state index is 10.6. The second-order valence-electron chi connectivity index (χ2n) is 9.55. The molecule has 0 saturated heterocycles. The first-order valence-electron chi connectivity index (χ1n) is 9.71. The van der Waals surface area contributed by atoms with Gasteiger partial charge in [0.1, 0.15) is 0 Å². The highest BCUT2D eigenvalue weighted by molar-refractivity contribution is 5.25. The van der Waals surface area contributed by atoms with Gasteiger partial charge in [0.05, 0.1) is 12.3 Å². The van der Waals surface area contributed by atoms with Crippen molar-refractivity contribution in [1.82, 2.24) is 10.2 Å². The monoisotopic (exact) mass is 314 g/mol. The molecule has 1 aromatic heterocycles. The molecular weight excluding hydrogens is 284 g/mol. The van der Waals surface area contributed by atoms with Crippen LogP contribution in [0, 0.1) is 34.5 Å². The van der Waals surface area contributed by atoms with Crippen molar-refractivity contribution in [3.63, 3.8) is 0 Å². The predicted molar refractivity (Wildman–Crippen MR) is 89.9 cm³/mol. The lowest BCUT2D eigenvalue weighted by atomic mass is 9.45. The lowest BCUT2D eigenvalue weighted by Crippen LogP contribution is -2.54. The zero-order chi connectivity index (χ0) is 15.8. The van der Waals surface area contributed by atoms with E-state index in [-0.39, 0.29) is 11.5 Å². The topological polar surface area (TPSA) is 48.9 Å². The first-order valence-corrected chi connectivity index (χ1v) is 9.71. The Labute approximate surface area is 139 Å². The van der Waals surface area contributed by atoms with Gasteiger partial charge < -0.3 is 5.11 Å². The smallest absolute Gasteiger partial charge is 0.0596 e. The minimum atomic E-state index is -0.0502. The zero-order valence-corrected chi connectivity index (χ0v) is 14.5. The predicted octanol–water partition coefficient (Wildman–Crippen LogP) is 3.73. The van der Waals surface area contributed by atoms with Crippen molar-refractivity contribution in [2.75, 3.05) is 0 Å². The summed E-state index contributed by atoms with van der Waals surface area (Å²) in [5, 5.41) is 18.1. The van der Waals surface area contributed by atoms with E-state index in [0.29, 0.717) is 5.41 Å². The molecule has 3 nitrogen and oxygen atoms in total. The van der Waals surface area contributed by atoms with Crippen molar-refractivity contribution in [3.05, 3.63) is 17.5 Å². The van der Waals surface area contributed by atoms with E-state index in [9.17, 15) is 5.11 Å². The Balaban J connectivity index is 1.50. The van der Waals surface area contributed by atoms with Crippen molar-refractivity contribution in [2.24, 2.45) is 34.5 Å². The van der Waals surface area contributed by atoms with Gasteiger partial charge in [0.15, 0.2) is 0 Å². The first-order chi connectivity index (χ1) is 11.0. The van der Waals surface area contributed by atoms with E-state index in [1.807, 2.05) is 0 Å². The quantitative estimate of drug-likeness (QED) is 0.766. The van der Waals surface area contributed by atoms with Gasteiger partial charge in [-0.1, -0.05) is 13.8 Å². The Bertz CT molecular complexity index is 625. The first kappa shape index (κ1) is 14.5. The maximum Gasteiger partial charge on any atom is 0.0596 e. The van der Waals surface area contributed by atoms with E-state index >= 15 is 0 Å². The van der Waals surface area contributed by atoms with Gasteiger partial charge in [0, 0.05) is 5.69 Å². The molecule has 23 heavy (non-hydrogen) atoms. The van der Waals surface area contributed by atoms with Crippen LogP contribution in [-0.4, -0.2) is 21.4 Å². The molecule has 3 saturated carbocycles. The molecular formula is C20H30N2O. The third-order valence-corrected chi connectivity index (χ3v) is 8.84. The summed E-state index contributed by atoms with van der Waals surface area (Å²) in [5.41, 5.74) is 3.54. The molecule has 5 rings (SSSR count). The van der Waals surface area contributed by atoms with E-state index in [1.54, 1.807) is 0 Å². The summed E-state index contributed by atoms with van der Waals surface area (Å²) in [6.45, 7) is 4.97. The molecule has 1 aromatic rings. The molecule has 0 unspecified atom stereocenters. The van der Waals surface area contributed by atoms with Crippen LogP contribution in [0.25, 0.3) is 0 Å². The number of aliphatic hydroxyl groups is 1. The second kappa shape index (κ2) is 4.62. The molecule has 0 bridgehead atoms. The number of aromatic amines is 1. The number of hydrogen-bond acceptors (Lipinski definition) is 2. The van der Waals surface area contributed by atoms with Crippen LogP contribution in [0.1, 0.15) is 63.6 Å². The fourth-order valence-electron chi connectivity index (χ4n) is 7.44. The Morgan fingerprint density at radius 3 is 2.78 bits per heavy atom. The van der Waals surface area contributed by atoms with Gasteiger partial charge >= 0.3 is 0 Å². The molecule has 2 N–H and O–H groups in total. The van der Waals surface area contributed by atoms with Crippen LogP contribution >= 0.6 is 0 Å². The molecule has 0 radical (unpaired) electrons. The lowest BCUT2D eigenvalue weighted by molar-refractivity contribution is -0.111. The van der Waals surface area contributed by atoms with Crippen molar-refractivity contribution in [1.29, 1.82) is 0 Å². The Morgan fingerprint density at radius 1 is 1.09 bits per heavy atom. The molecule has 4 aliphatic carbocycles. The molecule has 3 fully saturated rings. The van der Waals surface area contributed by atoms with E-state index in [4.69, 9.17) is 0 Å². The summed E-state index contributed by atoms with van der Waals surface area (Å²) in [7, 11) is 0. The molecule has 1 heterocycles. The summed E-state index contributed by atoms with van der Waals surface area (Å²) in [4.78, 5) is 0. The molecule has 0 aromatic carbocycles. The van der Waals surface area contributed by atoms with Crippen molar-refractivity contribution >= 4 is 0 Å². The van der Waals surface area contributed by atoms with Crippen LogP contribution in [0.15, 0.2) is 6.20 Å². The number of hydrogen-bond donors (Lipinski definition) is 2. The summed E-state index contributed by atoms with van der Waals surface area (Å²) < 4.78 is 0. The minimum Gasteiger partial charge on any atom is -0.393 e. The number of fused-ring (bicyclic) bond motifs is 6. The van der Waals surface area contributed by atoms with Crippen LogP contribution in [0.4, 0.5) is 0 Å². The summed E-state index contributed by atoms with van der Waals surface area (Å²) >= 11 is 0. The second-order valence-corrected chi connectivity index (χ2v) is 9.55. The summed E-state index contributed by atoms with van der Waals surface area (Å²) in [6.07, 6.45) is 12.1. The molecule has 126 valence electrons. The van der Waals surface area contributed by atoms with Gasteiger partial charge in [0.2, 0.25) is 0 Å². The summed E-state index contributed by atoms with van der Waals surface area (Å²) in [5.74, 6) is 3.29. The molecule has 0 amide bonds. The van der Waals surface area contributed by atoms with Gasteiger partial charge in [-0.2, -0.15) is 5.10 Å². The Kier molecular flexibility index (Phi) is 2.92. The third kappa shape index (κ3) is 1.78. The third-order valence-electron chi connectivity index (χ3n) is 8.84. The van der Waals surface area contributed by atoms with Crippen molar-refractivity contribution in [3.8, 4) is 0 Å². The number of aliphatic hydroxyl groups excluding tert-OH is 1. The molecule has 4 aliphatic rings. The van der Waals surface area contributed by atoms with Gasteiger partial charge in [-0.25, -0.2) is 0 Å². The molecule has 0 aliphatic heterocycles. The van der Waals surface area contributed by atoms with E-state index < -0.39 is 0 Å². The van der Waals surface area contributed by atoms with E-state index in [0.717, 1.165) is 30.1 Å². The standard InChI is InChI=1S/C20H30N2O/c1-19-8-7-16-14(15(19)5-6-18(19)23)4-3-13-9-17-12(11-21-22-17)10-20(13,16)2/h11,13-16,18,23H,3-10H2,1-2H3,(H,21,22)/t13-,14-,15+,16-,18-,19+,20+/m1/s1. The van der Waals surface area contributed by atoms with Gasteiger partial charge in [0.25, 0.3) is 0 Å². The SMILES string of the molecule is C[C@]12Cc3cn[nH]c3C[C@H]1CC[C@H]1[C@H]2CC[C@]2(C)[C@H](O)CC[C@@H]12. The maximum absolute atomic E-state index is 10.6. The fourth-order valence-corrected chi connectivity index (χ4v) is 7.44. The number of H-pyrrole nitrogens is 1. The van der Waals surface area contributed by atoms with E-state index in [1.165, 1.54) is 56.2 Å². The molecule has 3 heteroatoms. The minimum absolute atomic E-state index is 0.0502. The van der Waals surface area contributed by atoms with Crippen LogP contribution in [0.2, 0.25) is 0 Å². The number of nitrogens with one attached hydrogen (secondary N) is 1. The van der Waals surface area contributed by atoms with Crippen LogP contribution < -0.4 is 0 Å². The van der Waals surface area contributed by atoms with Gasteiger partial charge in [-0.05, 0) is 91.4 Å². The van der Waals surface area contributed by atoms with Crippen LogP contribution in [0.3, 0.4) is 0 Å². The van der Waals surface area contributed by atoms with Crippen molar-refractivity contribution < 1.29 is 5.11 Å². The zero-order valence-electron chi connectivity index (χ0n) is 14.5. The average molecular weight is 314 g/mol. The lowest BCUT2D eigenvalue weighted by Gasteiger charge is -2.60. The molecule has 0 spiro atoms. The number of nitrogens with zero attached hydrogens (tertiary/aromatic N) is 1. The number of rotatable bonds is 0. The highest BCUT2D eigenvalue weighted by Gasteiger charge is 2.60. The van der Waals surface area contributed by atoms with Crippen molar-refractivity contribution in [2.45, 2.75) is 71.3 Å². The summed E-state index contributed by atoms with van der Waals surface area (Å²) in [6, 6.07) is 0. The Morgan fingerprint density at radius 2 is 1.91 bits per heavy atom. The number of aromatic nitrogens is 2. The fraction of sp³-hybridized carbons (Fsp3) is 0.850. The van der Waals surface area contributed by atoms with E-state index in [2.05, 4.69) is 30.2 Å². The Hall–Kier alpha value is -0.830. The highest BCUT2D eigenvalue weighted by atomic mass is 16.3.